The highest BCUT2D eigenvalue weighted by Crippen LogP contribution is 2.28. The van der Waals surface area contributed by atoms with E-state index in [2.05, 4.69) is 47.6 Å². The Morgan fingerprint density at radius 1 is 1.31 bits per heavy atom. The van der Waals surface area contributed by atoms with Gasteiger partial charge in [0, 0.05) is 6.04 Å². The molecule has 0 saturated heterocycles. The van der Waals surface area contributed by atoms with E-state index in [0.29, 0.717) is 11.3 Å². The van der Waals surface area contributed by atoms with Crippen molar-refractivity contribution in [3.8, 4) is 0 Å². The molecule has 0 heterocycles. The molecule has 0 aliphatic rings. The minimum atomic E-state index is 0.222. The van der Waals surface area contributed by atoms with Crippen LogP contribution in [0.15, 0.2) is 11.6 Å². The van der Waals surface area contributed by atoms with Gasteiger partial charge in [-0.25, -0.2) is 0 Å². The molecule has 1 heteroatoms. The minimum Gasteiger partial charge on any atom is -0.324 e. The van der Waals surface area contributed by atoms with Crippen LogP contribution in [0.5, 0.6) is 0 Å². The average molecular weight is 183 g/mol. The fourth-order valence-corrected chi connectivity index (χ4v) is 1.26. The molecule has 0 spiro atoms. The third-order valence-corrected chi connectivity index (χ3v) is 2.65. The number of hydrogen-bond acceptors (Lipinski definition) is 1. The maximum Gasteiger partial charge on any atom is 0.0228 e. The van der Waals surface area contributed by atoms with Gasteiger partial charge in [0.05, 0.1) is 0 Å². The molecule has 0 radical (unpaired) electrons. The van der Waals surface area contributed by atoms with Crippen LogP contribution in [-0.2, 0) is 0 Å². The number of allylic oxidation sites excluding steroid dienone is 1. The van der Waals surface area contributed by atoms with Crippen LogP contribution >= 0.6 is 0 Å². The Bertz CT molecular complexity index is 170. The first-order valence-corrected chi connectivity index (χ1v) is 5.14. The third kappa shape index (κ3) is 5.87. The van der Waals surface area contributed by atoms with Crippen LogP contribution in [0.4, 0.5) is 0 Å². The summed E-state index contributed by atoms with van der Waals surface area (Å²) in [6.07, 6.45) is 3.23. The van der Waals surface area contributed by atoms with E-state index >= 15 is 0 Å². The lowest BCUT2D eigenvalue weighted by molar-refractivity contribution is 0.241. The van der Waals surface area contributed by atoms with Crippen molar-refractivity contribution in [2.24, 2.45) is 17.1 Å². The lowest BCUT2D eigenvalue weighted by atomic mass is 9.78. The molecule has 0 aliphatic carbocycles. The minimum absolute atomic E-state index is 0.222. The summed E-state index contributed by atoms with van der Waals surface area (Å²) < 4.78 is 0. The largest absolute Gasteiger partial charge is 0.324 e. The van der Waals surface area contributed by atoms with Gasteiger partial charge in [0.2, 0.25) is 0 Å². The molecule has 1 nitrogen and oxygen atoms in total. The second-order valence-electron chi connectivity index (χ2n) is 5.41. The van der Waals surface area contributed by atoms with Crippen molar-refractivity contribution < 1.29 is 0 Å². The van der Waals surface area contributed by atoms with Crippen molar-refractivity contribution in [3.63, 3.8) is 0 Å². The molecule has 2 N–H and O–H groups in total. The predicted octanol–water partition coefficient (Wildman–Crippen LogP) is 3.35. The highest BCUT2D eigenvalue weighted by Gasteiger charge is 2.21. The number of nitrogens with two attached hydrogens (primary N) is 1. The quantitative estimate of drug-likeness (QED) is 0.667. The summed E-state index contributed by atoms with van der Waals surface area (Å²) >= 11 is 0. The van der Waals surface area contributed by atoms with E-state index < -0.39 is 0 Å². The van der Waals surface area contributed by atoms with E-state index in [0.717, 1.165) is 6.42 Å². The van der Waals surface area contributed by atoms with Crippen LogP contribution in [0.3, 0.4) is 0 Å². The van der Waals surface area contributed by atoms with Crippen molar-refractivity contribution in [2.45, 2.75) is 54.0 Å². The Kier molecular flexibility index (Phi) is 4.69. The maximum absolute atomic E-state index is 6.00. The lowest BCUT2D eigenvalue weighted by Crippen LogP contribution is -2.27. The molecule has 0 aromatic rings. The summed E-state index contributed by atoms with van der Waals surface area (Å²) in [7, 11) is 0. The fourth-order valence-electron chi connectivity index (χ4n) is 1.26. The molecule has 0 amide bonds. The molecule has 0 rings (SSSR count). The van der Waals surface area contributed by atoms with Crippen molar-refractivity contribution in [1.29, 1.82) is 0 Å². The van der Waals surface area contributed by atoms with Gasteiger partial charge >= 0.3 is 0 Å². The van der Waals surface area contributed by atoms with Crippen molar-refractivity contribution >= 4 is 0 Å². The maximum atomic E-state index is 6.00. The summed E-state index contributed by atoms with van der Waals surface area (Å²) in [6, 6.07) is 0.222. The highest BCUT2D eigenvalue weighted by molar-refractivity contribution is 5.00. The van der Waals surface area contributed by atoms with Gasteiger partial charge in [-0.1, -0.05) is 39.3 Å². The van der Waals surface area contributed by atoms with Crippen molar-refractivity contribution in [1.82, 2.24) is 0 Å². The Labute approximate surface area is 83.4 Å². The zero-order valence-corrected chi connectivity index (χ0v) is 10.0. The van der Waals surface area contributed by atoms with E-state index in [1.165, 1.54) is 5.57 Å². The molecule has 0 fully saturated rings. The Balaban J connectivity index is 4.07. The monoisotopic (exact) mass is 183 g/mol. The molecule has 2 atom stereocenters. The highest BCUT2D eigenvalue weighted by atomic mass is 14.6. The van der Waals surface area contributed by atoms with Crippen LogP contribution in [0.2, 0.25) is 0 Å². The van der Waals surface area contributed by atoms with Crippen molar-refractivity contribution in [3.05, 3.63) is 11.6 Å². The summed E-state index contributed by atoms with van der Waals surface area (Å²) in [5.41, 5.74) is 7.68. The van der Waals surface area contributed by atoms with Gasteiger partial charge in [0.25, 0.3) is 0 Å². The topological polar surface area (TPSA) is 26.0 Å². The fraction of sp³-hybridized carbons (Fsp3) is 0.833. The number of hydrogen-bond donors (Lipinski definition) is 1. The zero-order chi connectivity index (χ0) is 10.6. The molecule has 0 bridgehead atoms. The first kappa shape index (κ1) is 12.7. The van der Waals surface area contributed by atoms with E-state index in [1.807, 2.05) is 0 Å². The predicted molar refractivity (Wildman–Crippen MR) is 60.6 cm³/mol. The Hall–Kier alpha value is -0.300. The van der Waals surface area contributed by atoms with Gasteiger partial charge < -0.3 is 5.73 Å². The molecular formula is C12H25N. The SMILES string of the molecule is CC(C)=CC(N)CC(C)C(C)(C)C. The Morgan fingerprint density at radius 2 is 1.77 bits per heavy atom. The normalized spacial score (nSPS) is 16.5. The second kappa shape index (κ2) is 4.80. The zero-order valence-electron chi connectivity index (χ0n) is 10.0. The second-order valence-corrected chi connectivity index (χ2v) is 5.41. The van der Waals surface area contributed by atoms with Gasteiger partial charge in [0.1, 0.15) is 0 Å². The van der Waals surface area contributed by atoms with Gasteiger partial charge in [-0.15, -0.1) is 0 Å². The molecule has 0 aromatic carbocycles. The first-order valence-electron chi connectivity index (χ1n) is 5.14. The van der Waals surface area contributed by atoms with E-state index in [1.54, 1.807) is 0 Å². The average Bonchev–Trinajstić information content (AvgIpc) is 1.82. The molecule has 0 saturated carbocycles. The molecule has 2 unspecified atom stereocenters. The van der Waals surface area contributed by atoms with Crippen LogP contribution in [0.1, 0.15) is 48.0 Å². The summed E-state index contributed by atoms with van der Waals surface area (Å²) in [6.45, 7) is 13.3. The summed E-state index contributed by atoms with van der Waals surface area (Å²) in [5.74, 6) is 0.665. The summed E-state index contributed by atoms with van der Waals surface area (Å²) in [4.78, 5) is 0. The van der Waals surface area contributed by atoms with Crippen LogP contribution < -0.4 is 5.73 Å². The van der Waals surface area contributed by atoms with E-state index in [-0.39, 0.29) is 6.04 Å². The van der Waals surface area contributed by atoms with Gasteiger partial charge in [-0.3, -0.25) is 0 Å². The van der Waals surface area contributed by atoms with Crippen molar-refractivity contribution in [2.75, 3.05) is 0 Å². The third-order valence-electron chi connectivity index (χ3n) is 2.65. The van der Waals surface area contributed by atoms with E-state index in [9.17, 15) is 0 Å². The lowest BCUT2D eigenvalue weighted by Gasteiger charge is -2.28. The molecule has 13 heavy (non-hydrogen) atoms. The smallest absolute Gasteiger partial charge is 0.0228 e. The number of rotatable bonds is 3. The molecular weight excluding hydrogens is 158 g/mol. The van der Waals surface area contributed by atoms with Gasteiger partial charge in [0.15, 0.2) is 0 Å². The molecule has 0 aliphatic heterocycles. The van der Waals surface area contributed by atoms with Crippen LogP contribution in [-0.4, -0.2) is 6.04 Å². The summed E-state index contributed by atoms with van der Waals surface area (Å²) in [5, 5.41) is 0. The Morgan fingerprint density at radius 3 is 2.08 bits per heavy atom. The standard InChI is InChI=1S/C12H25N/c1-9(2)7-11(13)8-10(3)12(4,5)6/h7,10-11H,8,13H2,1-6H3. The molecule has 0 aromatic heterocycles. The van der Waals surface area contributed by atoms with Crippen LogP contribution in [0.25, 0.3) is 0 Å². The first-order chi connectivity index (χ1) is 5.73. The van der Waals surface area contributed by atoms with Gasteiger partial charge in [-0.05, 0) is 31.6 Å². The van der Waals surface area contributed by atoms with E-state index in [4.69, 9.17) is 5.73 Å². The molecule has 78 valence electrons. The van der Waals surface area contributed by atoms with Gasteiger partial charge in [-0.2, -0.15) is 0 Å². The van der Waals surface area contributed by atoms with Crippen LogP contribution in [0, 0.1) is 11.3 Å².